The number of carbonyl (C=O) groups excluding carboxylic acids is 1. The number of anilines is 1. The molecule has 122 valence electrons. The van der Waals surface area contributed by atoms with Crippen molar-refractivity contribution in [1.29, 1.82) is 0 Å². The van der Waals surface area contributed by atoms with E-state index in [9.17, 15) is 4.79 Å². The molecule has 1 saturated heterocycles. The minimum Gasteiger partial charge on any atom is -0.370 e. The predicted molar refractivity (Wildman–Crippen MR) is 102 cm³/mol. The summed E-state index contributed by atoms with van der Waals surface area (Å²) in [7, 11) is 0. The number of aryl methyl sites for hydroxylation is 1. The molecule has 2 rings (SSSR count). The number of hydrogen-bond acceptors (Lipinski definition) is 2. The molecule has 0 bridgehead atoms. The summed E-state index contributed by atoms with van der Waals surface area (Å²) in [5.74, 6) is 0.534. The number of aliphatic imine (C=N–C) groups is 1. The summed E-state index contributed by atoms with van der Waals surface area (Å²) in [5, 5.41) is 3.03. The lowest BCUT2D eigenvalue weighted by Gasteiger charge is -2.26. The Hall–Kier alpha value is -1.31. The van der Waals surface area contributed by atoms with Crippen molar-refractivity contribution in [2.24, 2.45) is 10.7 Å². The van der Waals surface area contributed by atoms with Gasteiger partial charge in [0, 0.05) is 25.2 Å². The largest absolute Gasteiger partial charge is 0.370 e. The number of benzene rings is 1. The Morgan fingerprint density at radius 3 is 2.50 bits per heavy atom. The van der Waals surface area contributed by atoms with Crippen LogP contribution >= 0.6 is 24.0 Å². The number of carbonyl (C=O) groups is 1. The van der Waals surface area contributed by atoms with Crippen molar-refractivity contribution in [2.45, 2.75) is 32.6 Å². The van der Waals surface area contributed by atoms with Crippen LogP contribution < -0.4 is 11.1 Å². The first kappa shape index (κ1) is 18.7. The molecular weight excluding hydrogens is 391 g/mol. The number of halogens is 1. The minimum atomic E-state index is 0. The zero-order valence-electron chi connectivity index (χ0n) is 13.0. The highest BCUT2D eigenvalue weighted by molar-refractivity contribution is 14.0. The first-order valence-electron chi connectivity index (χ1n) is 7.56. The first-order chi connectivity index (χ1) is 10.1. The molecule has 6 heteroatoms. The van der Waals surface area contributed by atoms with Crippen LogP contribution in [0.25, 0.3) is 0 Å². The molecule has 5 nitrogen and oxygen atoms in total. The van der Waals surface area contributed by atoms with Crippen LogP contribution in [0.5, 0.6) is 0 Å². The van der Waals surface area contributed by atoms with Crippen LogP contribution in [0.15, 0.2) is 29.3 Å². The third-order valence-electron chi connectivity index (χ3n) is 3.64. The average Bonchev–Trinajstić information content (AvgIpc) is 2.50. The summed E-state index contributed by atoms with van der Waals surface area (Å²) in [5.41, 5.74) is 7.93. The molecule has 1 amide bonds. The van der Waals surface area contributed by atoms with Crippen LogP contribution in [0, 0.1) is 6.92 Å². The van der Waals surface area contributed by atoms with Gasteiger partial charge in [0.2, 0.25) is 5.91 Å². The average molecular weight is 416 g/mol. The smallest absolute Gasteiger partial charge is 0.224 e. The maximum Gasteiger partial charge on any atom is 0.224 e. The van der Waals surface area contributed by atoms with Crippen LogP contribution in [0.3, 0.4) is 0 Å². The number of hydrogen-bond donors (Lipinski definition) is 2. The number of nitrogens with one attached hydrogen (secondary N) is 1. The van der Waals surface area contributed by atoms with E-state index >= 15 is 0 Å². The summed E-state index contributed by atoms with van der Waals surface area (Å²) >= 11 is 0. The summed E-state index contributed by atoms with van der Waals surface area (Å²) in [6.07, 6.45) is 3.89. The number of amides is 1. The van der Waals surface area contributed by atoms with Gasteiger partial charge in [-0.15, -0.1) is 24.0 Å². The van der Waals surface area contributed by atoms with Gasteiger partial charge in [0.1, 0.15) is 0 Å². The van der Waals surface area contributed by atoms with Gasteiger partial charge >= 0.3 is 0 Å². The van der Waals surface area contributed by atoms with Crippen molar-refractivity contribution in [3.63, 3.8) is 0 Å². The second kappa shape index (κ2) is 9.66. The minimum absolute atomic E-state index is 0. The van der Waals surface area contributed by atoms with Crippen LogP contribution in [0.2, 0.25) is 0 Å². The van der Waals surface area contributed by atoms with E-state index in [1.807, 2.05) is 36.1 Å². The van der Waals surface area contributed by atoms with Gasteiger partial charge in [-0.05, 0) is 38.3 Å². The SMILES string of the molecule is Cc1ccc(NC(N)=NCCC(=O)N2CCCCC2)cc1.I. The maximum absolute atomic E-state index is 12.0. The lowest BCUT2D eigenvalue weighted by Crippen LogP contribution is -2.36. The fourth-order valence-electron chi connectivity index (χ4n) is 2.40. The molecular formula is C16H25IN4O. The summed E-state index contributed by atoms with van der Waals surface area (Å²) in [6, 6.07) is 7.93. The van der Waals surface area contributed by atoms with Gasteiger partial charge in [0.25, 0.3) is 0 Å². The standard InChI is InChI=1S/C16H24N4O.HI/c1-13-5-7-14(8-6-13)19-16(17)18-10-9-15(21)20-11-3-2-4-12-20;/h5-8H,2-4,9-12H2,1H3,(H3,17,18,19);1H. The quantitative estimate of drug-likeness (QED) is 0.451. The molecule has 0 saturated carbocycles. The summed E-state index contributed by atoms with van der Waals surface area (Å²) in [4.78, 5) is 18.1. The van der Waals surface area contributed by atoms with Gasteiger partial charge in [0.05, 0.1) is 6.54 Å². The molecule has 0 spiro atoms. The lowest BCUT2D eigenvalue weighted by molar-refractivity contribution is -0.131. The Morgan fingerprint density at radius 2 is 1.86 bits per heavy atom. The summed E-state index contributed by atoms with van der Waals surface area (Å²) < 4.78 is 0. The van der Waals surface area contributed by atoms with Gasteiger partial charge in [-0.25, -0.2) is 0 Å². The molecule has 22 heavy (non-hydrogen) atoms. The molecule has 1 aliphatic heterocycles. The van der Waals surface area contributed by atoms with Crippen molar-refractivity contribution in [3.05, 3.63) is 29.8 Å². The lowest BCUT2D eigenvalue weighted by atomic mass is 10.1. The van der Waals surface area contributed by atoms with Crippen molar-refractivity contribution in [1.82, 2.24) is 4.90 Å². The molecule has 0 aromatic heterocycles. The Kier molecular flexibility index (Phi) is 8.22. The predicted octanol–water partition coefficient (Wildman–Crippen LogP) is 2.74. The third-order valence-corrected chi connectivity index (χ3v) is 3.64. The molecule has 1 aromatic carbocycles. The Morgan fingerprint density at radius 1 is 1.23 bits per heavy atom. The van der Waals surface area contributed by atoms with E-state index in [1.165, 1.54) is 12.0 Å². The zero-order valence-corrected chi connectivity index (χ0v) is 15.4. The van der Waals surface area contributed by atoms with E-state index in [4.69, 9.17) is 5.73 Å². The second-order valence-corrected chi connectivity index (χ2v) is 5.45. The maximum atomic E-state index is 12.0. The summed E-state index contributed by atoms with van der Waals surface area (Å²) in [6.45, 7) is 4.24. The molecule has 0 aliphatic carbocycles. The highest BCUT2D eigenvalue weighted by Gasteiger charge is 2.15. The van der Waals surface area contributed by atoms with Gasteiger partial charge in [-0.1, -0.05) is 17.7 Å². The number of nitrogens with zero attached hydrogens (tertiary/aromatic N) is 2. The van der Waals surface area contributed by atoms with Crippen molar-refractivity contribution in [3.8, 4) is 0 Å². The number of piperidine rings is 1. The molecule has 0 atom stereocenters. The molecule has 3 N–H and O–H groups in total. The Bertz CT molecular complexity index is 495. The molecule has 1 aromatic rings. The molecule has 1 aliphatic rings. The van der Waals surface area contributed by atoms with Crippen LogP contribution in [-0.2, 0) is 4.79 Å². The Labute approximate surface area is 149 Å². The van der Waals surface area contributed by atoms with E-state index in [0.717, 1.165) is 31.6 Å². The number of rotatable bonds is 4. The van der Waals surface area contributed by atoms with E-state index in [0.29, 0.717) is 18.9 Å². The zero-order chi connectivity index (χ0) is 15.1. The van der Waals surface area contributed by atoms with Gasteiger partial charge < -0.3 is 16.0 Å². The van der Waals surface area contributed by atoms with Gasteiger partial charge in [-0.2, -0.15) is 0 Å². The molecule has 0 unspecified atom stereocenters. The fraction of sp³-hybridized carbons (Fsp3) is 0.500. The molecule has 1 fully saturated rings. The normalized spacial score (nSPS) is 15.1. The van der Waals surface area contributed by atoms with Crippen LogP contribution in [0.4, 0.5) is 5.69 Å². The van der Waals surface area contributed by atoms with Gasteiger partial charge in [-0.3, -0.25) is 9.79 Å². The molecule has 0 radical (unpaired) electrons. The van der Waals surface area contributed by atoms with E-state index in [2.05, 4.69) is 10.3 Å². The van der Waals surface area contributed by atoms with E-state index < -0.39 is 0 Å². The monoisotopic (exact) mass is 416 g/mol. The Balaban J connectivity index is 0.00000242. The number of nitrogens with two attached hydrogens (primary N) is 1. The number of likely N-dealkylation sites (tertiary alicyclic amines) is 1. The van der Waals surface area contributed by atoms with E-state index in [1.54, 1.807) is 0 Å². The van der Waals surface area contributed by atoms with Gasteiger partial charge in [0.15, 0.2) is 5.96 Å². The highest BCUT2D eigenvalue weighted by atomic mass is 127. The van der Waals surface area contributed by atoms with Crippen molar-refractivity contribution >= 4 is 41.5 Å². The second-order valence-electron chi connectivity index (χ2n) is 5.45. The van der Waals surface area contributed by atoms with Crippen LogP contribution in [0.1, 0.15) is 31.2 Å². The number of guanidine groups is 1. The highest BCUT2D eigenvalue weighted by Crippen LogP contribution is 2.10. The van der Waals surface area contributed by atoms with E-state index in [-0.39, 0.29) is 29.9 Å². The van der Waals surface area contributed by atoms with Crippen molar-refractivity contribution < 1.29 is 4.79 Å². The topological polar surface area (TPSA) is 70.7 Å². The third kappa shape index (κ3) is 6.21. The van der Waals surface area contributed by atoms with Crippen LogP contribution in [-0.4, -0.2) is 36.4 Å². The van der Waals surface area contributed by atoms with Crippen molar-refractivity contribution in [2.75, 3.05) is 25.0 Å². The fourth-order valence-corrected chi connectivity index (χ4v) is 2.40. The first-order valence-corrected chi connectivity index (χ1v) is 7.56. The molecule has 1 heterocycles.